The maximum atomic E-state index is 12.5. The van der Waals surface area contributed by atoms with Gasteiger partial charge in [-0.15, -0.1) is 0 Å². The van der Waals surface area contributed by atoms with Crippen LogP contribution in [0.3, 0.4) is 0 Å². The topological polar surface area (TPSA) is 62.2 Å². The van der Waals surface area contributed by atoms with Crippen LogP contribution in [0.4, 0.5) is 0 Å². The number of carbonyl (C=O) groups is 1. The fraction of sp³-hybridized carbons (Fsp3) is 0.545. The number of nitrogens with one attached hydrogen (secondary N) is 2. The van der Waals surface area contributed by atoms with E-state index in [9.17, 15) is 4.79 Å². The molecule has 3 heterocycles. The van der Waals surface area contributed by atoms with Crippen molar-refractivity contribution in [2.45, 2.75) is 38.3 Å². The molecule has 0 bridgehead atoms. The van der Waals surface area contributed by atoms with Gasteiger partial charge in [-0.3, -0.25) is 14.4 Å². The Morgan fingerprint density at radius 2 is 1.96 bits per heavy atom. The number of carbonyl (C=O) groups excluding carboxylic acids is 1. The molecule has 1 atom stereocenters. The summed E-state index contributed by atoms with van der Waals surface area (Å²) in [4.78, 5) is 15.0. The van der Waals surface area contributed by atoms with Crippen molar-refractivity contribution in [3.63, 3.8) is 0 Å². The Bertz CT molecular complexity index is 745. The minimum Gasteiger partial charge on any atom is -0.350 e. The lowest BCUT2D eigenvalue weighted by Crippen LogP contribution is -2.38. The molecular formula is C22H31N5O. The largest absolute Gasteiger partial charge is 0.350 e. The molecule has 1 unspecified atom stereocenters. The van der Waals surface area contributed by atoms with Crippen LogP contribution < -0.4 is 10.6 Å². The molecule has 2 aliphatic rings. The summed E-state index contributed by atoms with van der Waals surface area (Å²) in [6, 6.07) is 12.8. The average Bonchev–Trinajstić information content (AvgIpc) is 3.25. The number of likely N-dealkylation sites (tertiary alicyclic amines) is 1. The molecule has 0 aliphatic carbocycles. The van der Waals surface area contributed by atoms with Gasteiger partial charge >= 0.3 is 0 Å². The van der Waals surface area contributed by atoms with Crippen LogP contribution in [0.25, 0.3) is 0 Å². The average molecular weight is 382 g/mol. The summed E-state index contributed by atoms with van der Waals surface area (Å²) in [6.45, 7) is 5.97. The lowest BCUT2D eigenvalue weighted by molar-refractivity contribution is 0.0929. The van der Waals surface area contributed by atoms with Gasteiger partial charge in [-0.25, -0.2) is 0 Å². The predicted molar refractivity (Wildman–Crippen MR) is 110 cm³/mol. The van der Waals surface area contributed by atoms with E-state index in [-0.39, 0.29) is 5.91 Å². The molecule has 2 fully saturated rings. The van der Waals surface area contributed by atoms with Crippen LogP contribution in [-0.2, 0) is 6.54 Å². The quantitative estimate of drug-likeness (QED) is 0.807. The molecule has 6 heteroatoms. The van der Waals surface area contributed by atoms with Crippen LogP contribution in [0.15, 0.2) is 42.6 Å². The lowest BCUT2D eigenvalue weighted by Gasteiger charge is -2.32. The Balaban J connectivity index is 1.20. The van der Waals surface area contributed by atoms with Gasteiger partial charge in [-0.2, -0.15) is 5.10 Å². The summed E-state index contributed by atoms with van der Waals surface area (Å²) >= 11 is 0. The number of rotatable bonds is 6. The SMILES string of the molecule is O=C(NCC1CCN(Cc2ccccc2)CC1)c1ccn(C2CCCNC2)n1. The molecule has 4 rings (SSSR count). The van der Waals surface area contributed by atoms with Crippen molar-refractivity contribution in [2.24, 2.45) is 5.92 Å². The number of amides is 1. The zero-order valence-electron chi connectivity index (χ0n) is 16.5. The van der Waals surface area contributed by atoms with Gasteiger partial charge in [0, 0.05) is 25.8 Å². The smallest absolute Gasteiger partial charge is 0.271 e. The van der Waals surface area contributed by atoms with E-state index in [1.54, 1.807) is 0 Å². The zero-order chi connectivity index (χ0) is 19.2. The minimum absolute atomic E-state index is 0.0470. The van der Waals surface area contributed by atoms with E-state index in [4.69, 9.17) is 0 Å². The van der Waals surface area contributed by atoms with Crippen LogP contribution in [0.5, 0.6) is 0 Å². The van der Waals surface area contributed by atoms with E-state index < -0.39 is 0 Å². The van der Waals surface area contributed by atoms with Gasteiger partial charge < -0.3 is 10.6 Å². The number of hydrogen-bond acceptors (Lipinski definition) is 4. The standard InChI is InChI=1S/C22H31N5O/c28-22(21-10-14-27(25-21)20-7-4-11-23-16-20)24-15-18-8-12-26(13-9-18)17-19-5-2-1-3-6-19/h1-3,5-6,10,14,18,20,23H,4,7-9,11-13,15-17H2,(H,24,28). The number of benzene rings is 1. The van der Waals surface area contributed by atoms with Gasteiger partial charge in [0.2, 0.25) is 0 Å². The first-order chi connectivity index (χ1) is 13.8. The second-order valence-corrected chi connectivity index (χ2v) is 8.10. The minimum atomic E-state index is -0.0470. The lowest BCUT2D eigenvalue weighted by atomic mass is 9.96. The van der Waals surface area contributed by atoms with Gasteiger partial charge in [-0.05, 0) is 62.9 Å². The highest BCUT2D eigenvalue weighted by molar-refractivity contribution is 5.92. The van der Waals surface area contributed by atoms with Gasteiger partial charge in [0.05, 0.1) is 6.04 Å². The first-order valence-electron chi connectivity index (χ1n) is 10.6. The van der Waals surface area contributed by atoms with E-state index in [2.05, 4.69) is 51.0 Å². The number of aromatic nitrogens is 2. The fourth-order valence-corrected chi connectivity index (χ4v) is 4.24. The summed E-state index contributed by atoms with van der Waals surface area (Å²) in [7, 11) is 0. The molecule has 0 radical (unpaired) electrons. The molecular weight excluding hydrogens is 350 g/mol. The van der Waals surface area contributed by atoms with Crippen LogP contribution in [0.1, 0.15) is 47.8 Å². The van der Waals surface area contributed by atoms with E-state index in [1.165, 1.54) is 5.56 Å². The first-order valence-corrected chi connectivity index (χ1v) is 10.6. The molecule has 28 heavy (non-hydrogen) atoms. The molecule has 0 saturated carbocycles. The Morgan fingerprint density at radius 3 is 2.71 bits per heavy atom. The predicted octanol–water partition coefficient (Wildman–Crippen LogP) is 2.45. The summed E-state index contributed by atoms with van der Waals surface area (Å²) in [5.74, 6) is 0.509. The van der Waals surface area contributed by atoms with Crippen LogP contribution in [0, 0.1) is 5.92 Å². The molecule has 150 valence electrons. The molecule has 1 aromatic heterocycles. The van der Waals surface area contributed by atoms with Crippen molar-refractivity contribution >= 4 is 5.91 Å². The molecule has 2 aliphatic heterocycles. The van der Waals surface area contributed by atoms with E-state index in [0.717, 1.165) is 65.0 Å². The molecule has 6 nitrogen and oxygen atoms in total. The number of piperidine rings is 2. The second kappa shape index (κ2) is 9.34. The molecule has 2 aromatic rings. The molecule has 2 N–H and O–H groups in total. The van der Waals surface area contributed by atoms with Gasteiger partial charge in [-0.1, -0.05) is 30.3 Å². The molecule has 1 amide bonds. The van der Waals surface area contributed by atoms with Crippen LogP contribution in [0.2, 0.25) is 0 Å². The van der Waals surface area contributed by atoms with E-state index >= 15 is 0 Å². The Morgan fingerprint density at radius 1 is 1.14 bits per heavy atom. The van der Waals surface area contributed by atoms with Gasteiger partial charge in [0.25, 0.3) is 5.91 Å². The Labute approximate surface area is 167 Å². The first kappa shape index (κ1) is 19.2. The van der Waals surface area contributed by atoms with Crippen molar-refractivity contribution in [1.82, 2.24) is 25.3 Å². The molecule has 2 saturated heterocycles. The fourth-order valence-electron chi connectivity index (χ4n) is 4.24. The number of hydrogen-bond donors (Lipinski definition) is 2. The molecule has 1 aromatic carbocycles. The van der Waals surface area contributed by atoms with Crippen molar-refractivity contribution in [2.75, 3.05) is 32.7 Å². The van der Waals surface area contributed by atoms with Crippen molar-refractivity contribution in [3.8, 4) is 0 Å². The third-order valence-corrected chi connectivity index (χ3v) is 5.99. The monoisotopic (exact) mass is 381 g/mol. The second-order valence-electron chi connectivity index (χ2n) is 8.10. The van der Waals surface area contributed by atoms with Crippen LogP contribution >= 0.6 is 0 Å². The molecule has 0 spiro atoms. The van der Waals surface area contributed by atoms with E-state index in [1.807, 2.05) is 16.9 Å². The Kier molecular flexibility index (Phi) is 6.39. The van der Waals surface area contributed by atoms with Crippen molar-refractivity contribution in [3.05, 3.63) is 53.9 Å². The van der Waals surface area contributed by atoms with Crippen LogP contribution in [-0.4, -0.2) is 53.3 Å². The van der Waals surface area contributed by atoms with Crippen molar-refractivity contribution < 1.29 is 4.79 Å². The summed E-state index contributed by atoms with van der Waals surface area (Å²) < 4.78 is 1.95. The third-order valence-electron chi connectivity index (χ3n) is 5.99. The third kappa shape index (κ3) is 5.00. The summed E-state index contributed by atoms with van der Waals surface area (Å²) in [5, 5.41) is 11.0. The summed E-state index contributed by atoms with van der Waals surface area (Å²) in [5.41, 5.74) is 1.91. The summed E-state index contributed by atoms with van der Waals surface area (Å²) in [6.07, 6.45) is 6.49. The normalized spacial score (nSPS) is 21.5. The number of nitrogens with zero attached hydrogens (tertiary/aromatic N) is 3. The zero-order valence-corrected chi connectivity index (χ0v) is 16.5. The van der Waals surface area contributed by atoms with Gasteiger partial charge in [0.15, 0.2) is 0 Å². The highest BCUT2D eigenvalue weighted by Crippen LogP contribution is 2.19. The highest BCUT2D eigenvalue weighted by atomic mass is 16.1. The maximum Gasteiger partial charge on any atom is 0.271 e. The highest BCUT2D eigenvalue weighted by Gasteiger charge is 2.21. The van der Waals surface area contributed by atoms with E-state index in [0.29, 0.717) is 17.7 Å². The van der Waals surface area contributed by atoms with Crippen molar-refractivity contribution in [1.29, 1.82) is 0 Å². The Hall–Kier alpha value is -2.18. The van der Waals surface area contributed by atoms with Gasteiger partial charge in [0.1, 0.15) is 5.69 Å². The maximum absolute atomic E-state index is 12.5.